The molecule has 7 fully saturated rings. The maximum atomic E-state index is 12.6. The highest BCUT2D eigenvalue weighted by Gasteiger charge is 2.93. The van der Waals surface area contributed by atoms with E-state index in [1.165, 1.54) is 0 Å². The summed E-state index contributed by atoms with van der Waals surface area (Å²) in [5.41, 5.74) is -1.83. The van der Waals surface area contributed by atoms with E-state index in [4.69, 9.17) is 28.4 Å². The molecule has 2 heterocycles. The summed E-state index contributed by atoms with van der Waals surface area (Å²) < 4.78 is 38.3. The molecule has 0 aromatic rings. The number of aliphatic hydroxyl groups excluding tert-OH is 1. The SMILES string of the molecule is CCN1C[C@]2(COC)CC[C@H](OC)C34[C@@H]5C[C@@H]6[C@@H](OC)C[C@@]7(OCO[C@@]7([C@H]13)[C@@H](O)[C@@H]42)C5[C@H]6OC.Cl. The first kappa shape index (κ1) is 25.3. The van der Waals surface area contributed by atoms with E-state index in [0.29, 0.717) is 18.4 Å². The average molecular weight is 516 g/mol. The van der Waals surface area contributed by atoms with Gasteiger partial charge in [0.25, 0.3) is 0 Å². The molecule has 1 N–H and O–H groups in total. The third-order valence-corrected chi connectivity index (χ3v) is 12.0. The molecule has 35 heavy (non-hydrogen) atoms. The molecular weight excluding hydrogens is 474 g/mol. The normalized spacial score (nSPS) is 59.3. The van der Waals surface area contributed by atoms with Gasteiger partial charge in [0.05, 0.1) is 37.1 Å². The number of fused-ring (bicyclic) bond motifs is 1. The molecule has 200 valence electrons. The van der Waals surface area contributed by atoms with Gasteiger partial charge in [0.1, 0.15) is 18.0 Å². The fourth-order valence-corrected chi connectivity index (χ4v) is 11.7. The number of rotatable bonds is 6. The molecule has 8 nitrogen and oxygen atoms in total. The van der Waals surface area contributed by atoms with E-state index in [0.717, 1.165) is 38.8 Å². The van der Waals surface area contributed by atoms with Gasteiger partial charge in [0.2, 0.25) is 0 Å². The van der Waals surface area contributed by atoms with E-state index in [9.17, 15) is 5.11 Å². The number of hydrogen-bond acceptors (Lipinski definition) is 8. The number of halogens is 1. The van der Waals surface area contributed by atoms with Gasteiger partial charge in [-0.3, -0.25) is 4.90 Å². The van der Waals surface area contributed by atoms with Gasteiger partial charge >= 0.3 is 0 Å². The number of hydrogen-bond donors (Lipinski definition) is 1. The Morgan fingerprint density at radius 1 is 1.09 bits per heavy atom. The first-order valence-corrected chi connectivity index (χ1v) is 13.2. The first-order chi connectivity index (χ1) is 16.5. The zero-order chi connectivity index (χ0) is 23.7. The van der Waals surface area contributed by atoms with Crippen LogP contribution in [0.1, 0.15) is 32.6 Å². The molecule has 0 aromatic heterocycles. The number of ether oxygens (including phenoxy) is 6. The summed E-state index contributed by atoms with van der Waals surface area (Å²) in [5.74, 6) is 0.813. The molecule has 2 saturated heterocycles. The number of likely N-dealkylation sites (tertiary alicyclic amines) is 1. The molecule has 5 aliphatic carbocycles. The van der Waals surface area contributed by atoms with Gasteiger partial charge in [-0.1, -0.05) is 6.92 Å². The average Bonchev–Trinajstić information content (AvgIpc) is 3.42. The second-order valence-corrected chi connectivity index (χ2v) is 12.2. The second-order valence-electron chi connectivity index (χ2n) is 12.2. The summed E-state index contributed by atoms with van der Waals surface area (Å²) in [6.07, 6.45) is 3.20. The zero-order valence-corrected chi connectivity index (χ0v) is 22.4. The van der Waals surface area contributed by atoms with E-state index in [1.54, 1.807) is 7.11 Å². The lowest BCUT2D eigenvalue weighted by atomic mass is 9.42. The summed E-state index contributed by atoms with van der Waals surface area (Å²) in [6.45, 7) is 4.93. The molecule has 0 radical (unpaired) electrons. The monoisotopic (exact) mass is 515 g/mol. The molecule has 7 aliphatic rings. The van der Waals surface area contributed by atoms with E-state index < -0.39 is 17.3 Å². The van der Waals surface area contributed by atoms with Gasteiger partial charge in [-0.05, 0) is 31.7 Å². The quantitative estimate of drug-likeness (QED) is 0.573. The lowest BCUT2D eigenvalue weighted by Gasteiger charge is -2.70. The third kappa shape index (κ3) is 2.37. The zero-order valence-electron chi connectivity index (χ0n) is 21.6. The molecule has 9 heteroatoms. The Bertz CT molecular complexity index is 866. The van der Waals surface area contributed by atoms with Gasteiger partial charge < -0.3 is 33.5 Å². The Kier molecular flexibility index (Phi) is 5.77. The van der Waals surface area contributed by atoms with Crippen LogP contribution in [-0.4, -0.2) is 107 Å². The highest BCUT2D eigenvalue weighted by molar-refractivity contribution is 5.85. The Balaban J connectivity index is 0.00000229. The standard InChI is InChI=1S/C26H41NO7.ClH/c1-6-27-11-23(12-29-2)8-7-17(31-4)25-15-9-14-16(30-3)10-24(18(15)19(14)32-5)26(22(25)27,34-13-33-24)21(28)20(23)25;/h14-22,28H,6-13H2,1-5H3;1H/t14-,15-,16+,17+,18?,19+,20-,21+,22-,23+,24-,25?,26-;/m1./s1. The highest BCUT2D eigenvalue weighted by atomic mass is 35.5. The van der Waals surface area contributed by atoms with Crippen molar-refractivity contribution in [2.45, 2.75) is 74.3 Å². The molecule has 0 aromatic carbocycles. The van der Waals surface area contributed by atoms with E-state index in [2.05, 4.69) is 11.8 Å². The number of likely N-dealkylation sites (N-methyl/N-ethyl adjacent to an activating group) is 1. The van der Waals surface area contributed by atoms with E-state index in [-0.39, 0.29) is 66.2 Å². The van der Waals surface area contributed by atoms with Gasteiger partial charge in [-0.25, -0.2) is 0 Å². The van der Waals surface area contributed by atoms with E-state index in [1.807, 2.05) is 21.3 Å². The predicted octanol–water partition coefficient (Wildman–Crippen LogP) is 1.71. The van der Waals surface area contributed by atoms with Gasteiger partial charge in [-0.2, -0.15) is 0 Å². The largest absolute Gasteiger partial charge is 0.390 e. The second kappa shape index (κ2) is 7.99. The van der Waals surface area contributed by atoms with Crippen molar-refractivity contribution in [3.63, 3.8) is 0 Å². The summed E-state index contributed by atoms with van der Waals surface area (Å²) in [4.78, 5) is 2.61. The fraction of sp³-hybridized carbons (Fsp3) is 1.00. The van der Waals surface area contributed by atoms with Crippen molar-refractivity contribution in [2.75, 3.05) is 54.9 Å². The summed E-state index contributed by atoms with van der Waals surface area (Å²) in [6, 6.07) is 0.0378. The Labute approximate surface area is 214 Å². The minimum Gasteiger partial charge on any atom is -0.390 e. The van der Waals surface area contributed by atoms with Gasteiger partial charge in [0, 0.05) is 70.0 Å². The topological polar surface area (TPSA) is 78.9 Å². The van der Waals surface area contributed by atoms with Crippen LogP contribution in [0.15, 0.2) is 0 Å². The van der Waals surface area contributed by atoms with Crippen LogP contribution >= 0.6 is 12.4 Å². The maximum absolute atomic E-state index is 12.6. The van der Waals surface area contributed by atoms with Crippen LogP contribution < -0.4 is 0 Å². The fourth-order valence-electron chi connectivity index (χ4n) is 11.7. The lowest BCUT2D eigenvalue weighted by Crippen LogP contribution is -2.81. The van der Waals surface area contributed by atoms with Crippen LogP contribution in [0.2, 0.25) is 0 Å². The Morgan fingerprint density at radius 2 is 1.89 bits per heavy atom. The smallest absolute Gasteiger partial charge is 0.148 e. The molecule has 7 bridgehead atoms. The molecule has 2 unspecified atom stereocenters. The maximum Gasteiger partial charge on any atom is 0.148 e. The van der Waals surface area contributed by atoms with Crippen molar-refractivity contribution in [3.05, 3.63) is 0 Å². The summed E-state index contributed by atoms with van der Waals surface area (Å²) in [7, 11) is 7.32. The van der Waals surface area contributed by atoms with Crippen LogP contribution in [-0.2, 0) is 28.4 Å². The molecule has 0 amide bonds. The Morgan fingerprint density at radius 3 is 2.54 bits per heavy atom. The number of methoxy groups -OCH3 is 4. The molecular formula is C26H42ClNO7. The van der Waals surface area contributed by atoms with Crippen LogP contribution in [0, 0.1) is 34.5 Å². The predicted molar refractivity (Wildman–Crippen MR) is 128 cm³/mol. The summed E-state index contributed by atoms with van der Waals surface area (Å²) in [5, 5.41) is 12.6. The summed E-state index contributed by atoms with van der Waals surface area (Å²) >= 11 is 0. The number of nitrogens with zero attached hydrogens (tertiary/aromatic N) is 1. The molecule has 13 atom stereocenters. The van der Waals surface area contributed by atoms with E-state index >= 15 is 0 Å². The molecule has 3 spiro atoms. The highest BCUT2D eigenvalue weighted by Crippen LogP contribution is 2.82. The minimum atomic E-state index is -0.825. The Hall–Kier alpha value is -0.0300. The molecule has 7 rings (SSSR count). The lowest BCUT2D eigenvalue weighted by molar-refractivity contribution is -0.287. The van der Waals surface area contributed by atoms with Gasteiger partial charge in [-0.15, -0.1) is 12.4 Å². The van der Waals surface area contributed by atoms with Crippen molar-refractivity contribution in [1.82, 2.24) is 4.90 Å². The van der Waals surface area contributed by atoms with Crippen molar-refractivity contribution in [2.24, 2.45) is 34.5 Å². The van der Waals surface area contributed by atoms with Crippen LogP contribution in [0.3, 0.4) is 0 Å². The first-order valence-electron chi connectivity index (χ1n) is 13.2. The number of aliphatic hydroxyl groups is 1. The van der Waals surface area contributed by atoms with Crippen molar-refractivity contribution in [1.29, 1.82) is 0 Å². The molecule has 2 aliphatic heterocycles. The third-order valence-electron chi connectivity index (χ3n) is 12.0. The van der Waals surface area contributed by atoms with Crippen LogP contribution in [0.5, 0.6) is 0 Å². The van der Waals surface area contributed by atoms with Crippen molar-refractivity contribution in [3.8, 4) is 0 Å². The van der Waals surface area contributed by atoms with Gasteiger partial charge in [0.15, 0.2) is 0 Å². The van der Waals surface area contributed by atoms with Crippen LogP contribution in [0.4, 0.5) is 0 Å². The molecule has 5 saturated carbocycles. The van der Waals surface area contributed by atoms with Crippen molar-refractivity contribution < 1.29 is 33.5 Å². The minimum absolute atomic E-state index is 0. The van der Waals surface area contributed by atoms with Crippen LogP contribution in [0.25, 0.3) is 0 Å². The number of piperidine rings is 1. The van der Waals surface area contributed by atoms with Crippen molar-refractivity contribution >= 4 is 12.4 Å².